The molecule has 7 nitrogen and oxygen atoms in total. The summed E-state index contributed by atoms with van der Waals surface area (Å²) < 4.78 is 35.7. The number of carbonyl (C=O) groups excluding carboxylic acids is 1. The Labute approximate surface area is 149 Å². The van der Waals surface area contributed by atoms with Crippen molar-refractivity contribution in [3.05, 3.63) is 23.8 Å². The minimum absolute atomic E-state index is 0.0263. The monoisotopic (exact) mass is 370 g/mol. The van der Waals surface area contributed by atoms with Crippen LogP contribution in [0.3, 0.4) is 0 Å². The second-order valence-corrected chi connectivity index (χ2v) is 8.12. The molecule has 25 heavy (non-hydrogen) atoms. The van der Waals surface area contributed by atoms with Crippen molar-refractivity contribution in [2.75, 3.05) is 46.2 Å². The summed E-state index contributed by atoms with van der Waals surface area (Å²) in [4.78, 5) is 14.2. The summed E-state index contributed by atoms with van der Waals surface area (Å²) in [6.07, 6.45) is 0.900. The van der Waals surface area contributed by atoms with Crippen LogP contribution in [0.4, 0.5) is 0 Å². The van der Waals surface area contributed by atoms with Crippen molar-refractivity contribution in [2.24, 2.45) is 0 Å². The maximum Gasteiger partial charge on any atom is 0.222 e. The van der Waals surface area contributed by atoms with Gasteiger partial charge >= 0.3 is 0 Å². The van der Waals surface area contributed by atoms with Gasteiger partial charge in [-0.1, -0.05) is 0 Å². The molecule has 0 aliphatic carbocycles. The quantitative estimate of drug-likeness (QED) is 0.719. The van der Waals surface area contributed by atoms with E-state index in [1.54, 1.807) is 26.0 Å². The Balaban J connectivity index is 1.92. The highest BCUT2D eigenvalue weighted by molar-refractivity contribution is 7.89. The van der Waals surface area contributed by atoms with E-state index in [0.717, 1.165) is 17.1 Å². The van der Waals surface area contributed by atoms with Crippen LogP contribution in [-0.4, -0.2) is 69.7 Å². The molecule has 0 radical (unpaired) electrons. The van der Waals surface area contributed by atoms with Gasteiger partial charge in [-0.05, 0) is 37.1 Å². The van der Waals surface area contributed by atoms with Gasteiger partial charge in [-0.2, -0.15) is 4.31 Å². The van der Waals surface area contributed by atoms with E-state index in [4.69, 9.17) is 9.47 Å². The fraction of sp³-hybridized carbons (Fsp3) is 0.588. The second-order valence-electron chi connectivity index (χ2n) is 5.86. The zero-order valence-electron chi connectivity index (χ0n) is 15.0. The molecule has 1 aliphatic heterocycles. The Hall–Kier alpha value is -1.80. The summed E-state index contributed by atoms with van der Waals surface area (Å²) in [6, 6.07) is 5.52. The SMILES string of the molecule is CCS(=O)(=O)N1CCN(C(=O)CCc2cc(OC)ccc2OC)CC1. The molecule has 0 atom stereocenters. The molecule has 0 bridgehead atoms. The number of hydrogen-bond acceptors (Lipinski definition) is 5. The predicted molar refractivity (Wildman–Crippen MR) is 95.5 cm³/mol. The maximum absolute atomic E-state index is 12.4. The first-order chi connectivity index (χ1) is 11.9. The van der Waals surface area contributed by atoms with E-state index >= 15 is 0 Å². The fourth-order valence-corrected chi connectivity index (χ4v) is 3.96. The first-order valence-corrected chi connectivity index (χ1v) is 9.98. The van der Waals surface area contributed by atoms with Gasteiger partial charge in [-0.15, -0.1) is 0 Å². The third-order valence-electron chi connectivity index (χ3n) is 4.45. The molecule has 0 N–H and O–H groups in total. The van der Waals surface area contributed by atoms with E-state index in [1.165, 1.54) is 4.31 Å². The minimum Gasteiger partial charge on any atom is -0.497 e. The highest BCUT2D eigenvalue weighted by Crippen LogP contribution is 2.25. The highest BCUT2D eigenvalue weighted by atomic mass is 32.2. The van der Waals surface area contributed by atoms with Gasteiger partial charge in [-0.3, -0.25) is 4.79 Å². The topological polar surface area (TPSA) is 76.2 Å². The largest absolute Gasteiger partial charge is 0.497 e. The lowest BCUT2D eigenvalue weighted by Gasteiger charge is -2.34. The molecule has 0 saturated carbocycles. The van der Waals surface area contributed by atoms with Crippen molar-refractivity contribution in [1.29, 1.82) is 0 Å². The standard InChI is InChI=1S/C17H26N2O5S/c1-4-25(21,22)19-11-9-18(10-12-19)17(20)8-5-14-13-15(23-2)6-7-16(14)24-3/h6-7,13H,4-5,8-12H2,1-3H3. The number of benzene rings is 1. The molecule has 0 spiro atoms. The smallest absolute Gasteiger partial charge is 0.222 e. The van der Waals surface area contributed by atoms with Crippen LogP contribution in [-0.2, 0) is 21.2 Å². The lowest BCUT2D eigenvalue weighted by Crippen LogP contribution is -2.50. The molecule has 0 unspecified atom stereocenters. The third kappa shape index (κ3) is 4.85. The zero-order chi connectivity index (χ0) is 18.4. The van der Waals surface area contributed by atoms with E-state index in [0.29, 0.717) is 39.0 Å². The Bertz CT molecular complexity index is 697. The van der Waals surface area contributed by atoms with E-state index in [9.17, 15) is 13.2 Å². The second kappa shape index (κ2) is 8.53. The fourth-order valence-electron chi connectivity index (χ4n) is 2.88. The van der Waals surface area contributed by atoms with Crippen molar-refractivity contribution >= 4 is 15.9 Å². The number of rotatable bonds is 7. The third-order valence-corrected chi connectivity index (χ3v) is 6.33. The molecule has 2 rings (SSSR count). The van der Waals surface area contributed by atoms with Crippen LogP contribution < -0.4 is 9.47 Å². The number of nitrogens with zero attached hydrogens (tertiary/aromatic N) is 2. The zero-order valence-corrected chi connectivity index (χ0v) is 15.8. The number of piperazine rings is 1. The summed E-state index contributed by atoms with van der Waals surface area (Å²) in [5.41, 5.74) is 0.919. The van der Waals surface area contributed by atoms with Gasteiger partial charge in [0.2, 0.25) is 15.9 Å². The van der Waals surface area contributed by atoms with Crippen molar-refractivity contribution in [3.63, 3.8) is 0 Å². The maximum atomic E-state index is 12.4. The molecule has 1 amide bonds. The number of amides is 1. The van der Waals surface area contributed by atoms with E-state index in [-0.39, 0.29) is 11.7 Å². The summed E-state index contributed by atoms with van der Waals surface area (Å²) in [5, 5.41) is 0. The first-order valence-electron chi connectivity index (χ1n) is 8.37. The number of hydrogen-bond donors (Lipinski definition) is 0. The molecular formula is C17H26N2O5S. The summed E-state index contributed by atoms with van der Waals surface area (Å²) >= 11 is 0. The van der Waals surface area contributed by atoms with Gasteiger partial charge in [0.15, 0.2) is 0 Å². The van der Waals surface area contributed by atoms with Gasteiger partial charge in [0.1, 0.15) is 11.5 Å². The van der Waals surface area contributed by atoms with Crippen LogP contribution in [0.5, 0.6) is 11.5 Å². The first kappa shape index (κ1) is 19.5. The average molecular weight is 370 g/mol. The summed E-state index contributed by atoms with van der Waals surface area (Å²) in [6.45, 7) is 3.24. The Morgan fingerprint density at radius 1 is 1.12 bits per heavy atom. The molecule has 1 fully saturated rings. The molecule has 140 valence electrons. The summed E-state index contributed by atoms with van der Waals surface area (Å²) in [7, 11) is 0.0181. The van der Waals surface area contributed by atoms with Gasteiger partial charge in [0, 0.05) is 32.6 Å². The average Bonchev–Trinajstić information content (AvgIpc) is 2.65. The van der Waals surface area contributed by atoms with Crippen LogP contribution in [0.1, 0.15) is 18.9 Å². The minimum atomic E-state index is -3.18. The van der Waals surface area contributed by atoms with Gasteiger partial charge in [0.05, 0.1) is 20.0 Å². The molecule has 1 aromatic rings. The van der Waals surface area contributed by atoms with E-state index in [1.807, 2.05) is 18.2 Å². The van der Waals surface area contributed by atoms with Crippen LogP contribution in [0.15, 0.2) is 18.2 Å². The molecule has 1 heterocycles. The molecule has 1 aliphatic rings. The molecule has 1 aromatic carbocycles. The highest BCUT2D eigenvalue weighted by Gasteiger charge is 2.27. The molecule has 8 heteroatoms. The van der Waals surface area contributed by atoms with Crippen molar-refractivity contribution in [3.8, 4) is 11.5 Å². The number of carbonyl (C=O) groups is 1. The van der Waals surface area contributed by atoms with Crippen molar-refractivity contribution < 1.29 is 22.7 Å². The van der Waals surface area contributed by atoms with Gasteiger partial charge < -0.3 is 14.4 Å². The van der Waals surface area contributed by atoms with Crippen LogP contribution in [0, 0.1) is 0 Å². The van der Waals surface area contributed by atoms with E-state index in [2.05, 4.69) is 0 Å². The van der Waals surface area contributed by atoms with Crippen LogP contribution >= 0.6 is 0 Å². The Morgan fingerprint density at radius 2 is 1.80 bits per heavy atom. The van der Waals surface area contributed by atoms with Gasteiger partial charge in [-0.25, -0.2) is 8.42 Å². The Morgan fingerprint density at radius 3 is 2.36 bits per heavy atom. The number of ether oxygens (including phenoxy) is 2. The molecule has 1 saturated heterocycles. The summed E-state index contributed by atoms with van der Waals surface area (Å²) in [5.74, 6) is 1.57. The normalized spacial score (nSPS) is 15.9. The molecule has 0 aromatic heterocycles. The van der Waals surface area contributed by atoms with Crippen molar-refractivity contribution in [2.45, 2.75) is 19.8 Å². The number of aryl methyl sites for hydroxylation is 1. The lowest BCUT2D eigenvalue weighted by atomic mass is 10.1. The predicted octanol–water partition coefficient (Wildman–Crippen LogP) is 1.13. The molecular weight excluding hydrogens is 344 g/mol. The number of methoxy groups -OCH3 is 2. The van der Waals surface area contributed by atoms with Crippen LogP contribution in [0.2, 0.25) is 0 Å². The Kier molecular flexibility index (Phi) is 6.66. The number of sulfonamides is 1. The van der Waals surface area contributed by atoms with Crippen LogP contribution in [0.25, 0.3) is 0 Å². The van der Waals surface area contributed by atoms with E-state index < -0.39 is 10.0 Å². The van der Waals surface area contributed by atoms with Gasteiger partial charge in [0.25, 0.3) is 0 Å². The van der Waals surface area contributed by atoms with Crippen molar-refractivity contribution in [1.82, 2.24) is 9.21 Å². The lowest BCUT2D eigenvalue weighted by molar-refractivity contribution is -0.132.